The van der Waals surface area contributed by atoms with Gasteiger partial charge in [-0.25, -0.2) is 23.7 Å². The van der Waals surface area contributed by atoms with Crippen molar-refractivity contribution in [3.8, 4) is 22.8 Å². The number of nitrogens with one attached hydrogen (secondary N) is 2. The Bertz CT molecular complexity index is 3430. The Balaban J connectivity index is 0.000000180. The number of carbonyl (C=O) groups excluding carboxylic acids is 3. The van der Waals surface area contributed by atoms with Gasteiger partial charge in [0.15, 0.2) is 5.15 Å². The van der Waals surface area contributed by atoms with E-state index in [1.54, 1.807) is 68.3 Å². The Morgan fingerprint density at radius 1 is 0.629 bits per heavy atom. The number of hydrogen-bond donors (Lipinski definition) is 4. The SMILES string of the molecule is CC(C)(C)OC(=O)N1CCc2c(c(-c3cccnn3)nn2COCC[Si](C)(C)C)C1.CC(C)(C)OC(=O)N1CCc2c(c(B(O)O)nn2COCC[Si](C)(C)C)C1.Clc1cccnn1.O=C(Nc1cccc(Cl)c1)N1CCc2[nH]nc(-c3cccnn3)c2C1. The summed E-state index contributed by atoms with van der Waals surface area (Å²) < 4.78 is 26.3. The molecule has 4 N–H and O–H groups in total. The summed E-state index contributed by atoms with van der Waals surface area (Å²) in [6, 6.07) is 19.9. The number of aromatic amines is 1. The highest BCUT2D eigenvalue weighted by Crippen LogP contribution is 2.31. The van der Waals surface area contributed by atoms with Crippen LogP contribution in [0.2, 0.25) is 61.5 Å². The summed E-state index contributed by atoms with van der Waals surface area (Å²) in [6.07, 6.45) is 6.08. The number of ether oxygens (including phenoxy) is 4. The first-order chi connectivity index (χ1) is 42.0. The second-order valence-electron chi connectivity index (χ2n) is 25.9. The van der Waals surface area contributed by atoms with Gasteiger partial charge in [-0.15, -0.1) is 15.3 Å². The number of rotatable bonds is 14. The molecule has 0 bridgehead atoms. The van der Waals surface area contributed by atoms with Gasteiger partial charge in [-0.05, 0) is 108 Å². The standard InChI is InChI=1S/C21H33N5O3Si.C17H32BN3O5Si.C17H15ClN6O.C4H3ClN2/c1-21(2,3)29-20(27)25-11-9-18-16(14-25)19(17-8-7-10-22-23-17)24-26(18)15-28-12-13-30(4,5)6;1-17(2,3)26-16(22)20-8-7-14-13(11-20)15(18(23)24)19-21(14)12-25-9-10-27(4,5)6;18-11-3-1-4-12(9-11)20-17(25)24-8-6-14-13(10-24)16(23-22-14)15-5-2-7-19-21-15;5-4-2-1-3-6-7-4/h7-8,10H,9,11-15H2,1-6H3;23-24H,7-12H2,1-6H3;1-5,7,9H,6,8,10H2,(H,20,25)(H,22,23);1-3H. The highest BCUT2D eigenvalue weighted by Gasteiger charge is 2.35. The van der Waals surface area contributed by atoms with Crippen LogP contribution in [-0.2, 0) is 71.3 Å². The van der Waals surface area contributed by atoms with Crippen molar-refractivity contribution in [2.45, 2.75) is 156 Å². The molecule has 25 nitrogen and oxygen atoms in total. The lowest BCUT2D eigenvalue weighted by Gasteiger charge is -2.30. The summed E-state index contributed by atoms with van der Waals surface area (Å²) >= 11 is 11.3. The number of benzene rings is 1. The Hall–Kier alpha value is -7.18. The molecule has 478 valence electrons. The largest absolute Gasteiger partial charge is 0.510 e. The quantitative estimate of drug-likeness (QED) is 0.0582. The summed E-state index contributed by atoms with van der Waals surface area (Å²) in [5.41, 5.74) is 8.25. The second kappa shape index (κ2) is 31.0. The van der Waals surface area contributed by atoms with Crippen molar-refractivity contribution in [2.24, 2.45) is 0 Å². The van der Waals surface area contributed by atoms with Gasteiger partial charge in [0.05, 0.1) is 25.2 Å². The third-order valence-electron chi connectivity index (χ3n) is 13.7. The Labute approximate surface area is 532 Å². The van der Waals surface area contributed by atoms with Gasteiger partial charge in [-0.3, -0.25) is 5.10 Å². The van der Waals surface area contributed by atoms with Crippen LogP contribution >= 0.6 is 23.2 Å². The predicted molar refractivity (Wildman–Crippen MR) is 345 cm³/mol. The molecule has 0 spiro atoms. The van der Waals surface area contributed by atoms with Crippen molar-refractivity contribution in [1.29, 1.82) is 0 Å². The van der Waals surface area contributed by atoms with E-state index in [9.17, 15) is 24.4 Å². The summed E-state index contributed by atoms with van der Waals surface area (Å²) in [6.45, 7) is 29.9. The highest BCUT2D eigenvalue weighted by molar-refractivity contribution is 6.76. The van der Waals surface area contributed by atoms with E-state index >= 15 is 0 Å². The maximum atomic E-state index is 12.6. The second-order valence-corrected chi connectivity index (χ2v) is 37.9. The van der Waals surface area contributed by atoms with Gasteiger partial charge in [0.1, 0.15) is 47.4 Å². The number of H-pyrrole nitrogens is 1. The molecule has 10 rings (SSSR count). The molecule has 0 fully saturated rings. The topological polar surface area (TPSA) is 292 Å². The van der Waals surface area contributed by atoms with Gasteiger partial charge >= 0.3 is 25.3 Å². The van der Waals surface area contributed by atoms with Crippen molar-refractivity contribution < 1.29 is 43.4 Å². The summed E-state index contributed by atoms with van der Waals surface area (Å²) in [5.74, 6) is 0. The maximum Gasteiger partial charge on any atom is 0.510 e. The third kappa shape index (κ3) is 21.5. The van der Waals surface area contributed by atoms with E-state index in [1.807, 2.05) is 76.6 Å². The van der Waals surface area contributed by atoms with E-state index < -0.39 is 40.6 Å². The molecule has 0 saturated heterocycles. The minimum atomic E-state index is -1.69. The molecule has 89 heavy (non-hydrogen) atoms. The monoisotopic (exact) mass is 1300 g/mol. The zero-order valence-electron chi connectivity index (χ0n) is 53.0. The average molecular weight is 1300 g/mol. The third-order valence-corrected chi connectivity index (χ3v) is 17.6. The van der Waals surface area contributed by atoms with Gasteiger partial charge in [-0.1, -0.05) is 68.6 Å². The number of fused-ring (bicyclic) bond motifs is 3. The van der Waals surface area contributed by atoms with Crippen molar-refractivity contribution in [3.05, 3.63) is 123 Å². The molecule has 6 aromatic heterocycles. The molecule has 0 saturated carbocycles. The van der Waals surface area contributed by atoms with Crippen molar-refractivity contribution >= 4 is 76.0 Å². The van der Waals surface area contributed by atoms with Crippen LogP contribution in [0.3, 0.4) is 0 Å². The van der Waals surface area contributed by atoms with Crippen molar-refractivity contribution in [3.63, 3.8) is 0 Å². The fraction of sp³-hybridized carbons (Fsp3) is 0.492. The van der Waals surface area contributed by atoms with E-state index in [-0.39, 0.29) is 31.0 Å². The smallest absolute Gasteiger partial charge is 0.444 e. The van der Waals surface area contributed by atoms with E-state index in [2.05, 4.69) is 90.5 Å². The molecular formula is C59H83BCl2N16O9Si2. The molecule has 3 aliphatic rings. The van der Waals surface area contributed by atoms with Gasteiger partial charge in [0, 0.05) is 131 Å². The number of hydrogen-bond acceptors (Lipinski definition) is 18. The first kappa shape index (κ1) is 69.3. The molecule has 0 radical (unpaired) electrons. The molecule has 3 aliphatic heterocycles. The number of halogens is 2. The zero-order chi connectivity index (χ0) is 64.7. The van der Waals surface area contributed by atoms with Crippen molar-refractivity contribution in [2.75, 3.05) is 38.2 Å². The molecule has 1 aromatic carbocycles. The Kier molecular flexibility index (Phi) is 24.2. The molecular weight excluding hydrogens is 1210 g/mol. The molecule has 9 heterocycles. The lowest BCUT2D eigenvalue weighted by Crippen LogP contribution is -2.43. The van der Waals surface area contributed by atoms with Crippen LogP contribution in [-0.4, -0.2) is 171 Å². The summed E-state index contributed by atoms with van der Waals surface area (Å²) in [4.78, 5) is 42.6. The summed E-state index contributed by atoms with van der Waals surface area (Å²) in [5, 5.41) is 63.0. The number of carbonyl (C=O) groups is 3. The number of urea groups is 1. The van der Waals surface area contributed by atoms with E-state index in [0.29, 0.717) is 98.1 Å². The van der Waals surface area contributed by atoms with Gasteiger partial charge in [-0.2, -0.15) is 30.6 Å². The lowest BCUT2D eigenvalue weighted by molar-refractivity contribution is 0.0208. The van der Waals surface area contributed by atoms with Crippen LogP contribution in [0.1, 0.15) is 75.3 Å². The van der Waals surface area contributed by atoms with Crippen LogP contribution in [0, 0.1) is 0 Å². The molecule has 7 aromatic rings. The van der Waals surface area contributed by atoms with Gasteiger partial charge < -0.3 is 49.0 Å². The number of anilines is 1. The van der Waals surface area contributed by atoms with Crippen LogP contribution in [0.25, 0.3) is 22.8 Å². The minimum absolute atomic E-state index is 0.167. The first-order valence-corrected chi connectivity index (χ1v) is 37.7. The van der Waals surface area contributed by atoms with Crippen LogP contribution in [0.15, 0.2) is 79.3 Å². The molecule has 30 heteroatoms. The number of aromatic nitrogens is 12. The Morgan fingerprint density at radius 3 is 1.62 bits per heavy atom. The van der Waals surface area contributed by atoms with E-state index in [1.165, 1.54) is 0 Å². The fourth-order valence-corrected chi connectivity index (χ4v) is 11.1. The van der Waals surface area contributed by atoms with Crippen LogP contribution in [0.4, 0.5) is 20.1 Å². The number of nitrogens with zero attached hydrogens (tertiary/aromatic N) is 14. The van der Waals surface area contributed by atoms with Crippen molar-refractivity contribution in [1.82, 2.24) is 75.1 Å². The lowest BCUT2D eigenvalue weighted by atomic mass is 9.81. The van der Waals surface area contributed by atoms with E-state index in [0.717, 1.165) is 58.3 Å². The molecule has 0 unspecified atom stereocenters. The van der Waals surface area contributed by atoms with Gasteiger partial charge in [0.2, 0.25) is 0 Å². The number of amides is 4. The minimum Gasteiger partial charge on any atom is -0.444 e. The normalized spacial score (nSPS) is 13.9. The molecule has 4 amide bonds. The van der Waals surface area contributed by atoms with Crippen LogP contribution in [0.5, 0.6) is 0 Å². The average Bonchev–Trinajstić information content (AvgIpc) is 1.75. The maximum absolute atomic E-state index is 12.6. The zero-order valence-corrected chi connectivity index (χ0v) is 56.5. The van der Waals surface area contributed by atoms with Crippen LogP contribution < -0.4 is 10.9 Å². The van der Waals surface area contributed by atoms with E-state index in [4.69, 9.17) is 47.2 Å². The Morgan fingerprint density at radius 2 is 1.13 bits per heavy atom. The summed E-state index contributed by atoms with van der Waals surface area (Å²) in [7, 11) is -4.01. The predicted octanol–water partition coefficient (Wildman–Crippen LogP) is 9.35. The fourth-order valence-electron chi connectivity index (χ4n) is 9.25. The van der Waals surface area contributed by atoms with Gasteiger partial charge in [0.25, 0.3) is 0 Å². The first-order valence-electron chi connectivity index (χ1n) is 29.5. The molecule has 0 aliphatic carbocycles. The molecule has 0 atom stereocenters. The highest BCUT2D eigenvalue weighted by atomic mass is 35.5.